The number of carbonyl (C=O) groups excluding carboxylic acids is 2. The Bertz CT molecular complexity index is 1370. The average molecular weight is 534 g/mol. The Morgan fingerprint density at radius 2 is 1.82 bits per heavy atom. The van der Waals surface area contributed by atoms with E-state index in [0.29, 0.717) is 17.4 Å². The number of hydrogen-bond acceptors (Lipinski definition) is 8. The van der Waals surface area contributed by atoms with Crippen molar-refractivity contribution in [1.82, 2.24) is 20.2 Å². The Labute approximate surface area is 226 Å². The maximum Gasteiger partial charge on any atom is 0.410 e. The van der Waals surface area contributed by atoms with Crippen molar-refractivity contribution in [3.63, 3.8) is 0 Å². The molecule has 0 aliphatic carbocycles. The van der Waals surface area contributed by atoms with E-state index >= 15 is 0 Å². The minimum Gasteiger partial charge on any atom is -0.470 e. The Kier molecular flexibility index (Phi) is 6.92. The van der Waals surface area contributed by atoms with Crippen LogP contribution in [0.3, 0.4) is 0 Å². The molecule has 0 saturated carbocycles. The number of aryl methyl sites for hydroxylation is 2. The Morgan fingerprint density at radius 3 is 2.55 bits per heavy atom. The molecule has 2 aliphatic rings. The van der Waals surface area contributed by atoms with Gasteiger partial charge in [0.2, 0.25) is 11.8 Å². The van der Waals surface area contributed by atoms with Crippen LogP contribution in [0.5, 0.6) is 5.88 Å². The largest absolute Gasteiger partial charge is 0.470 e. The van der Waals surface area contributed by atoms with Gasteiger partial charge >= 0.3 is 6.09 Å². The molecule has 1 aromatic heterocycles. The molecule has 3 heterocycles. The summed E-state index contributed by atoms with van der Waals surface area (Å²) in [6.07, 6.45) is -1.000. The van der Waals surface area contributed by atoms with Crippen molar-refractivity contribution in [2.24, 2.45) is 0 Å². The minimum atomic E-state index is -0.641. The molecule has 4 bridgehead atoms. The van der Waals surface area contributed by atoms with E-state index in [1.807, 2.05) is 65.0 Å². The first-order chi connectivity index (χ1) is 18.1. The van der Waals surface area contributed by atoms with Crippen molar-refractivity contribution in [1.29, 1.82) is 0 Å². The number of carbonyl (C=O) groups is 2. The second-order valence-corrected chi connectivity index (χ2v) is 11.4. The van der Waals surface area contributed by atoms with Crippen molar-refractivity contribution in [2.45, 2.75) is 57.3 Å². The van der Waals surface area contributed by atoms with E-state index in [0.717, 1.165) is 27.3 Å². The van der Waals surface area contributed by atoms with Crippen LogP contribution in [0.2, 0.25) is 0 Å². The summed E-state index contributed by atoms with van der Waals surface area (Å²) in [5.74, 6) is 0.486. The van der Waals surface area contributed by atoms with Crippen molar-refractivity contribution in [3.8, 4) is 17.1 Å². The van der Waals surface area contributed by atoms with Crippen LogP contribution in [0, 0.1) is 13.8 Å². The van der Waals surface area contributed by atoms with Crippen LogP contribution in [-0.2, 0) is 4.74 Å². The summed E-state index contributed by atoms with van der Waals surface area (Å²) in [5, 5.41) is 3.06. The van der Waals surface area contributed by atoms with E-state index in [2.05, 4.69) is 15.0 Å². The van der Waals surface area contributed by atoms with Gasteiger partial charge in [0.05, 0.1) is 18.3 Å². The number of benzene rings is 2. The number of likely N-dealkylation sites (tertiary alicyclic amines) is 1. The molecule has 1 saturated heterocycles. The van der Waals surface area contributed by atoms with Crippen LogP contribution >= 0.6 is 11.9 Å². The molecule has 1 fully saturated rings. The molecule has 5 rings (SSSR count). The molecule has 2 amide bonds. The zero-order chi connectivity index (χ0) is 27.0. The van der Waals surface area contributed by atoms with Crippen molar-refractivity contribution < 1.29 is 19.1 Å². The summed E-state index contributed by atoms with van der Waals surface area (Å²) in [7, 11) is 0. The number of rotatable bonds is 1. The standard InChI is InChI=1S/C28H31N5O4S/c1-16-8-6-9-17(2)24(16)20-13-23-31-26(30-20)32-38-19-11-7-10-18(12-19)25(34)29-21-14-33(15-22(21)36-23)27(35)37-28(3,4)5/h6-13,21-22H,14-15H2,1-5H3,(H,29,34)(H,30,31,32)/t21-,22-/m1/s1. The van der Waals surface area contributed by atoms with Crippen LogP contribution in [0.25, 0.3) is 11.3 Å². The Morgan fingerprint density at radius 1 is 1.08 bits per heavy atom. The van der Waals surface area contributed by atoms with Crippen LogP contribution in [-0.4, -0.2) is 57.7 Å². The van der Waals surface area contributed by atoms with Gasteiger partial charge in [-0.3, -0.25) is 9.52 Å². The smallest absolute Gasteiger partial charge is 0.410 e. The highest BCUT2D eigenvalue weighted by molar-refractivity contribution is 8.00. The van der Waals surface area contributed by atoms with Gasteiger partial charge in [0.25, 0.3) is 5.91 Å². The SMILES string of the molecule is Cc1cccc(C)c1-c1cc2nc(n1)NSc1cccc(c1)C(=O)N[C@@H]1CN(C(=O)OC(C)(C)C)C[C@H]1O2. The van der Waals surface area contributed by atoms with Gasteiger partial charge in [-0.1, -0.05) is 24.3 Å². The second kappa shape index (κ2) is 10.2. The van der Waals surface area contributed by atoms with Gasteiger partial charge in [-0.05, 0) is 75.9 Å². The lowest BCUT2D eigenvalue weighted by Crippen LogP contribution is -2.45. The molecule has 0 unspecified atom stereocenters. The van der Waals surface area contributed by atoms with E-state index in [1.165, 1.54) is 11.9 Å². The molecule has 38 heavy (non-hydrogen) atoms. The molecule has 0 spiro atoms. The van der Waals surface area contributed by atoms with E-state index in [9.17, 15) is 9.59 Å². The van der Waals surface area contributed by atoms with Gasteiger partial charge in [-0.25, -0.2) is 9.78 Å². The number of nitrogens with zero attached hydrogens (tertiary/aromatic N) is 3. The molecule has 0 radical (unpaired) electrons. The normalized spacial score (nSPS) is 19.1. The number of ether oxygens (including phenoxy) is 2. The molecule has 2 aromatic carbocycles. The van der Waals surface area contributed by atoms with Crippen LogP contribution in [0.1, 0.15) is 42.3 Å². The first-order valence-corrected chi connectivity index (χ1v) is 13.3. The molecule has 3 aromatic rings. The first kappa shape index (κ1) is 25.8. The number of fused-ring (bicyclic) bond motifs is 5. The summed E-state index contributed by atoms with van der Waals surface area (Å²) in [5.41, 5.74) is 3.76. The van der Waals surface area contributed by atoms with E-state index < -0.39 is 23.8 Å². The Balaban J connectivity index is 1.55. The summed E-state index contributed by atoms with van der Waals surface area (Å²) in [6, 6.07) is 14.7. The van der Waals surface area contributed by atoms with E-state index in [-0.39, 0.29) is 19.0 Å². The van der Waals surface area contributed by atoms with Gasteiger partial charge < -0.3 is 19.7 Å². The van der Waals surface area contributed by atoms with Crippen LogP contribution < -0.4 is 14.8 Å². The average Bonchev–Trinajstić information content (AvgIpc) is 3.23. The highest BCUT2D eigenvalue weighted by Gasteiger charge is 2.40. The summed E-state index contributed by atoms with van der Waals surface area (Å²) >= 11 is 1.32. The third-order valence-electron chi connectivity index (χ3n) is 6.30. The molecule has 2 atom stereocenters. The maximum atomic E-state index is 13.2. The summed E-state index contributed by atoms with van der Waals surface area (Å²) < 4.78 is 15.2. The fourth-order valence-electron chi connectivity index (χ4n) is 4.60. The van der Waals surface area contributed by atoms with E-state index in [1.54, 1.807) is 23.1 Å². The quantitative estimate of drug-likeness (QED) is 0.422. The van der Waals surface area contributed by atoms with Gasteiger partial charge in [0, 0.05) is 28.6 Å². The third-order valence-corrected chi connectivity index (χ3v) is 7.08. The fourth-order valence-corrected chi connectivity index (χ4v) is 5.23. The third kappa shape index (κ3) is 5.70. The highest BCUT2D eigenvalue weighted by Crippen LogP contribution is 2.31. The minimum absolute atomic E-state index is 0.236. The molecule has 2 aliphatic heterocycles. The number of hydrogen-bond donors (Lipinski definition) is 2. The molecule has 198 valence electrons. The molecule has 9 nitrogen and oxygen atoms in total. The Hall–Kier alpha value is -3.79. The monoisotopic (exact) mass is 533 g/mol. The van der Waals surface area contributed by atoms with E-state index in [4.69, 9.17) is 14.5 Å². The lowest BCUT2D eigenvalue weighted by Gasteiger charge is -2.24. The maximum absolute atomic E-state index is 13.2. The van der Waals surface area contributed by atoms with Gasteiger partial charge in [-0.2, -0.15) is 4.98 Å². The lowest BCUT2D eigenvalue weighted by molar-refractivity contribution is 0.0274. The van der Waals surface area contributed by atoms with Crippen LogP contribution in [0.4, 0.5) is 10.7 Å². The predicted octanol–water partition coefficient (Wildman–Crippen LogP) is 4.99. The molecular formula is C28H31N5O4S. The van der Waals surface area contributed by atoms with Gasteiger partial charge in [-0.15, -0.1) is 0 Å². The molecule has 2 N–H and O–H groups in total. The van der Waals surface area contributed by atoms with Crippen molar-refractivity contribution in [3.05, 3.63) is 65.2 Å². The number of anilines is 1. The van der Waals surface area contributed by atoms with Crippen molar-refractivity contribution in [2.75, 3.05) is 17.8 Å². The lowest BCUT2D eigenvalue weighted by atomic mass is 10.00. The summed E-state index contributed by atoms with van der Waals surface area (Å²) in [6.45, 7) is 10.0. The predicted molar refractivity (Wildman–Crippen MR) is 146 cm³/mol. The molecular weight excluding hydrogens is 502 g/mol. The van der Waals surface area contributed by atoms with Gasteiger partial charge in [0.1, 0.15) is 11.7 Å². The second-order valence-electron chi connectivity index (χ2n) is 10.5. The fraction of sp³-hybridized carbons (Fsp3) is 0.357. The number of nitrogens with one attached hydrogen (secondary N) is 2. The van der Waals surface area contributed by atoms with Crippen molar-refractivity contribution >= 4 is 29.9 Å². The summed E-state index contributed by atoms with van der Waals surface area (Å²) in [4.78, 5) is 37.8. The highest BCUT2D eigenvalue weighted by atomic mass is 32.2. The van der Waals surface area contributed by atoms with Gasteiger partial charge in [0.15, 0.2) is 0 Å². The molecule has 10 heteroatoms. The zero-order valence-electron chi connectivity index (χ0n) is 22.1. The van der Waals surface area contributed by atoms with Crippen LogP contribution in [0.15, 0.2) is 53.4 Å². The number of aromatic nitrogens is 2. The number of amides is 2. The topological polar surface area (TPSA) is 106 Å². The zero-order valence-corrected chi connectivity index (χ0v) is 22.9. The first-order valence-electron chi connectivity index (χ1n) is 12.5.